The normalized spacial score (nSPS) is 13.9. The highest BCUT2D eigenvalue weighted by Crippen LogP contribution is 2.17. The fourth-order valence-corrected chi connectivity index (χ4v) is 3.81. The van der Waals surface area contributed by atoms with Gasteiger partial charge in [0, 0.05) is 31.2 Å². The number of likely N-dealkylation sites (N-methyl/N-ethyl adjacent to an activating group) is 2. The summed E-state index contributed by atoms with van der Waals surface area (Å²) in [6, 6.07) is 3.09. The second kappa shape index (κ2) is 7.36. The van der Waals surface area contributed by atoms with Crippen molar-refractivity contribution >= 4 is 21.6 Å². The quantitative estimate of drug-likeness (QED) is 0.719. The summed E-state index contributed by atoms with van der Waals surface area (Å²) in [4.78, 5) is 5.99. The lowest BCUT2D eigenvalue weighted by Gasteiger charge is -2.28. The van der Waals surface area contributed by atoms with Gasteiger partial charge in [0.05, 0.1) is 0 Å². The van der Waals surface area contributed by atoms with Crippen LogP contribution in [0.2, 0.25) is 0 Å². The lowest BCUT2D eigenvalue weighted by Crippen LogP contribution is -2.43. The predicted molar refractivity (Wildman–Crippen MR) is 81.4 cm³/mol. The van der Waals surface area contributed by atoms with Gasteiger partial charge in [-0.25, -0.2) is 13.4 Å². The Labute approximate surface area is 126 Å². The summed E-state index contributed by atoms with van der Waals surface area (Å²) in [5, 5.41) is 0.0684. The van der Waals surface area contributed by atoms with Crippen LogP contribution < -0.4 is 0 Å². The first kappa shape index (κ1) is 17.4. The summed E-state index contributed by atoms with van der Waals surface area (Å²) in [6.07, 6.45) is 1.50. The summed E-state index contributed by atoms with van der Waals surface area (Å²) in [5.74, 6) is 0.321. The van der Waals surface area contributed by atoms with Crippen LogP contribution in [0.25, 0.3) is 0 Å². The second-order valence-corrected chi connectivity index (χ2v) is 7.06. The van der Waals surface area contributed by atoms with Crippen molar-refractivity contribution in [2.24, 2.45) is 0 Å². The van der Waals surface area contributed by atoms with Crippen LogP contribution >= 0.6 is 11.6 Å². The first-order valence-corrected chi connectivity index (χ1v) is 8.47. The van der Waals surface area contributed by atoms with Crippen LogP contribution in [0.4, 0.5) is 0 Å². The molecule has 0 N–H and O–H groups in total. The number of halogens is 1. The van der Waals surface area contributed by atoms with Crippen molar-refractivity contribution < 1.29 is 8.42 Å². The van der Waals surface area contributed by atoms with Crippen molar-refractivity contribution in [2.75, 3.05) is 27.2 Å². The van der Waals surface area contributed by atoms with E-state index in [0.29, 0.717) is 19.0 Å². The molecule has 0 bridgehead atoms. The van der Waals surface area contributed by atoms with Crippen LogP contribution in [-0.4, -0.2) is 55.8 Å². The Bertz CT molecular complexity index is 517. The van der Waals surface area contributed by atoms with Gasteiger partial charge >= 0.3 is 0 Å². The van der Waals surface area contributed by atoms with E-state index in [1.165, 1.54) is 16.6 Å². The van der Waals surface area contributed by atoms with E-state index in [1.54, 1.807) is 6.07 Å². The van der Waals surface area contributed by atoms with E-state index in [2.05, 4.69) is 4.98 Å². The molecule has 1 unspecified atom stereocenters. The van der Waals surface area contributed by atoms with Crippen molar-refractivity contribution in [2.45, 2.75) is 30.8 Å². The minimum atomic E-state index is -3.57. The number of aromatic nitrogens is 1. The lowest BCUT2D eigenvalue weighted by atomic mass is 10.3. The van der Waals surface area contributed by atoms with Gasteiger partial charge in [-0.3, -0.25) is 0 Å². The third-order valence-electron chi connectivity index (χ3n) is 2.96. The number of hydrogen-bond acceptors (Lipinski definition) is 4. The zero-order valence-corrected chi connectivity index (χ0v) is 13.9. The highest BCUT2D eigenvalue weighted by Gasteiger charge is 2.28. The van der Waals surface area contributed by atoms with Crippen molar-refractivity contribution in [3.63, 3.8) is 0 Å². The molecule has 1 heterocycles. The third kappa shape index (κ3) is 4.15. The van der Waals surface area contributed by atoms with Gasteiger partial charge in [0.15, 0.2) is 5.03 Å². The van der Waals surface area contributed by atoms with Crippen molar-refractivity contribution in [3.05, 3.63) is 23.9 Å². The Morgan fingerprint density at radius 1 is 1.35 bits per heavy atom. The molecular weight excluding hydrogens is 298 g/mol. The summed E-state index contributed by atoms with van der Waals surface area (Å²) < 4.78 is 26.7. The van der Waals surface area contributed by atoms with E-state index in [0.717, 1.165) is 5.56 Å². The molecule has 0 saturated carbocycles. The van der Waals surface area contributed by atoms with Gasteiger partial charge in [-0.05, 0) is 32.6 Å². The summed E-state index contributed by atoms with van der Waals surface area (Å²) in [6.45, 7) is 4.80. The molecule has 7 heteroatoms. The van der Waals surface area contributed by atoms with Gasteiger partial charge in [0.25, 0.3) is 10.0 Å². The molecule has 0 saturated heterocycles. The van der Waals surface area contributed by atoms with E-state index in [1.807, 2.05) is 32.8 Å². The molecule has 0 aliphatic rings. The van der Waals surface area contributed by atoms with Crippen LogP contribution in [0.1, 0.15) is 19.4 Å². The zero-order valence-electron chi connectivity index (χ0n) is 12.4. The molecule has 0 aliphatic heterocycles. The molecule has 0 spiro atoms. The molecular formula is C13H22ClN3O2S. The minimum Gasteiger partial charge on any atom is -0.308 e. The van der Waals surface area contributed by atoms with Crippen molar-refractivity contribution in [1.29, 1.82) is 0 Å². The summed E-state index contributed by atoms with van der Waals surface area (Å²) >= 11 is 5.69. The first-order chi connectivity index (χ1) is 9.32. The van der Waals surface area contributed by atoms with Crippen molar-refractivity contribution in [3.8, 4) is 0 Å². The fraction of sp³-hybridized carbons (Fsp3) is 0.615. The second-order valence-electron chi connectivity index (χ2n) is 4.96. The highest BCUT2D eigenvalue weighted by molar-refractivity contribution is 7.89. The van der Waals surface area contributed by atoms with Crippen LogP contribution in [0, 0.1) is 0 Å². The van der Waals surface area contributed by atoms with Gasteiger partial charge < -0.3 is 4.90 Å². The van der Waals surface area contributed by atoms with Gasteiger partial charge in [-0.15, -0.1) is 11.6 Å². The van der Waals surface area contributed by atoms with Gasteiger partial charge in [0.1, 0.15) is 0 Å². The largest absolute Gasteiger partial charge is 0.308 e. The lowest BCUT2D eigenvalue weighted by molar-refractivity contribution is 0.271. The topological polar surface area (TPSA) is 53.5 Å². The third-order valence-corrected chi connectivity index (χ3v) is 5.27. The maximum absolute atomic E-state index is 12.6. The predicted octanol–water partition coefficient (Wildman–Crippen LogP) is 1.78. The molecule has 1 aromatic heterocycles. The number of nitrogens with zero attached hydrogens (tertiary/aromatic N) is 3. The maximum Gasteiger partial charge on any atom is 0.260 e. The Hall–Kier alpha value is -0.690. The van der Waals surface area contributed by atoms with Crippen LogP contribution in [0.5, 0.6) is 0 Å². The smallest absolute Gasteiger partial charge is 0.260 e. The van der Waals surface area contributed by atoms with Gasteiger partial charge in [0.2, 0.25) is 0 Å². The van der Waals surface area contributed by atoms with Crippen LogP contribution in [0.3, 0.4) is 0 Å². The minimum absolute atomic E-state index is 0.0684. The monoisotopic (exact) mass is 319 g/mol. The van der Waals surface area contributed by atoms with Gasteiger partial charge in [-0.1, -0.05) is 13.0 Å². The molecule has 0 aromatic carbocycles. The van der Waals surface area contributed by atoms with E-state index in [-0.39, 0.29) is 11.1 Å². The number of pyridine rings is 1. The molecule has 1 aromatic rings. The molecule has 114 valence electrons. The average Bonchev–Trinajstić information content (AvgIpc) is 2.38. The highest BCUT2D eigenvalue weighted by atomic mass is 35.5. The molecule has 5 nitrogen and oxygen atoms in total. The Kier molecular flexibility index (Phi) is 6.39. The van der Waals surface area contributed by atoms with Crippen molar-refractivity contribution in [1.82, 2.24) is 14.2 Å². The zero-order chi connectivity index (χ0) is 15.3. The van der Waals surface area contributed by atoms with Crippen LogP contribution in [-0.2, 0) is 15.9 Å². The fourth-order valence-electron chi connectivity index (χ4n) is 2.10. The molecule has 0 fully saturated rings. The standard InChI is InChI=1S/C13H22ClN3O2S/c1-5-17(11(2)10-16(3)4)20(18,19)13-7-6-12(8-14)9-15-13/h6-7,9,11H,5,8,10H2,1-4H3. The molecule has 0 radical (unpaired) electrons. The Morgan fingerprint density at radius 3 is 2.40 bits per heavy atom. The number of rotatable bonds is 7. The SMILES string of the molecule is CCN(C(C)CN(C)C)S(=O)(=O)c1ccc(CCl)cn1. The summed E-state index contributed by atoms with van der Waals surface area (Å²) in [7, 11) is 0.274. The number of alkyl halides is 1. The Balaban J connectivity index is 3.04. The van der Waals surface area contributed by atoms with E-state index in [4.69, 9.17) is 11.6 Å². The average molecular weight is 320 g/mol. The van der Waals surface area contributed by atoms with E-state index < -0.39 is 10.0 Å². The molecule has 1 atom stereocenters. The van der Waals surface area contributed by atoms with Gasteiger partial charge in [-0.2, -0.15) is 4.31 Å². The molecule has 0 amide bonds. The molecule has 1 rings (SSSR count). The first-order valence-electron chi connectivity index (χ1n) is 6.50. The van der Waals surface area contributed by atoms with E-state index in [9.17, 15) is 8.42 Å². The molecule has 20 heavy (non-hydrogen) atoms. The summed E-state index contributed by atoms with van der Waals surface area (Å²) in [5.41, 5.74) is 0.801. The van der Waals surface area contributed by atoms with E-state index >= 15 is 0 Å². The van der Waals surface area contributed by atoms with Crippen LogP contribution in [0.15, 0.2) is 23.4 Å². The Morgan fingerprint density at radius 2 is 2.00 bits per heavy atom. The molecule has 0 aliphatic carbocycles. The number of sulfonamides is 1. The maximum atomic E-state index is 12.6. The number of hydrogen-bond donors (Lipinski definition) is 0.